The van der Waals surface area contributed by atoms with Gasteiger partial charge < -0.3 is 9.30 Å². The van der Waals surface area contributed by atoms with Gasteiger partial charge in [-0.25, -0.2) is 0 Å². The minimum absolute atomic E-state index is 0.116. The summed E-state index contributed by atoms with van der Waals surface area (Å²) < 4.78 is 31.5. The van der Waals surface area contributed by atoms with Crippen LogP contribution in [0.5, 0.6) is 5.75 Å². The standard InChI is InChI=1S/C16H13F2N3OS/c1-21-13-4-2-3-5-14(13)23-16(21)20-19-10-11-6-8-12(9-7-11)22-15(17)18/h2-10,15H,1H3/b19-10-,20-16+. The van der Waals surface area contributed by atoms with Crippen molar-refractivity contribution < 1.29 is 13.5 Å². The van der Waals surface area contributed by atoms with E-state index < -0.39 is 6.61 Å². The van der Waals surface area contributed by atoms with Crippen LogP contribution in [0.3, 0.4) is 0 Å². The lowest BCUT2D eigenvalue weighted by Crippen LogP contribution is -2.08. The molecule has 0 fully saturated rings. The molecule has 1 aromatic heterocycles. The van der Waals surface area contributed by atoms with Gasteiger partial charge in [-0.2, -0.15) is 13.9 Å². The molecule has 0 amide bonds. The Morgan fingerprint density at radius 1 is 1.13 bits per heavy atom. The van der Waals surface area contributed by atoms with E-state index in [2.05, 4.69) is 14.9 Å². The molecule has 0 spiro atoms. The van der Waals surface area contributed by atoms with E-state index in [0.717, 1.165) is 20.6 Å². The molecular weight excluding hydrogens is 320 g/mol. The van der Waals surface area contributed by atoms with Gasteiger partial charge in [0.15, 0.2) is 0 Å². The van der Waals surface area contributed by atoms with Crippen LogP contribution in [0, 0.1) is 0 Å². The summed E-state index contributed by atoms with van der Waals surface area (Å²) in [6.07, 6.45) is 1.57. The molecule has 3 rings (SSSR count). The summed E-state index contributed by atoms with van der Waals surface area (Å²) in [5, 5.41) is 8.27. The van der Waals surface area contributed by atoms with Crippen molar-refractivity contribution >= 4 is 27.8 Å². The average Bonchev–Trinajstić information content (AvgIpc) is 2.85. The zero-order valence-electron chi connectivity index (χ0n) is 12.2. The number of halogens is 2. The van der Waals surface area contributed by atoms with Crippen molar-refractivity contribution in [3.63, 3.8) is 0 Å². The minimum Gasteiger partial charge on any atom is -0.435 e. The first kappa shape index (κ1) is 15.4. The summed E-state index contributed by atoms with van der Waals surface area (Å²) in [5.41, 5.74) is 1.85. The highest BCUT2D eigenvalue weighted by Crippen LogP contribution is 2.15. The van der Waals surface area contributed by atoms with Gasteiger partial charge in [0.25, 0.3) is 0 Å². The molecule has 0 bridgehead atoms. The molecule has 3 aromatic rings. The highest BCUT2D eigenvalue weighted by molar-refractivity contribution is 7.16. The highest BCUT2D eigenvalue weighted by atomic mass is 32.1. The van der Waals surface area contributed by atoms with E-state index in [1.807, 2.05) is 35.9 Å². The molecule has 0 saturated heterocycles. The van der Waals surface area contributed by atoms with Crippen LogP contribution in [0.25, 0.3) is 10.2 Å². The molecule has 118 valence electrons. The number of ether oxygens (including phenoxy) is 1. The van der Waals surface area contributed by atoms with Gasteiger partial charge in [-0.3, -0.25) is 0 Å². The van der Waals surface area contributed by atoms with E-state index >= 15 is 0 Å². The number of thiazole rings is 1. The summed E-state index contributed by atoms with van der Waals surface area (Å²) >= 11 is 1.55. The van der Waals surface area contributed by atoms with Gasteiger partial charge in [0.1, 0.15) is 5.75 Å². The number of fused-ring (bicyclic) bond motifs is 1. The van der Waals surface area contributed by atoms with Crippen molar-refractivity contribution in [1.82, 2.24) is 4.57 Å². The van der Waals surface area contributed by atoms with Gasteiger partial charge in [-0.05, 0) is 42.0 Å². The Hall–Kier alpha value is -2.54. The van der Waals surface area contributed by atoms with Crippen molar-refractivity contribution in [3.8, 4) is 5.75 Å². The molecule has 0 aliphatic carbocycles. The monoisotopic (exact) mass is 333 g/mol. The minimum atomic E-state index is -2.82. The third kappa shape index (κ3) is 3.62. The molecule has 0 saturated carbocycles. The molecule has 0 N–H and O–H groups in total. The number of alkyl halides is 2. The Balaban J connectivity index is 1.80. The van der Waals surface area contributed by atoms with E-state index in [9.17, 15) is 8.78 Å². The summed E-state index contributed by atoms with van der Waals surface area (Å²) in [5.74, 6) is 0.116. The lowest BCUT2D eigenvalue weighted by Gasteiger charge is -2.03. The maximum absolute atomic E-state index is 12.1. The lowest BCUT2D eigenvalue weighted by molar-refractivity contribution is -0.0498. The van der Waals surface area contributed by atoms with Crippen LogP contribution in [0.15, 0.2) is 58.7 Å². The van der Waals surface area contributed by atoms with Crippen molar-refractivity contribution in [2.45, 2.75) is 6.61 Å². The molecule has 0 radical (unpaired) electrons. The first-order chi connectivity index (χ1) is 11.1. The molecule has 7 heteroatoms. The van der Waals surface area contributed by atoms with E-state index in [-0.39, 0.29) is 5.75 Å². The third-order valence-corrected chi connectivity index (χ3v) is 4.27. The number of benzene rings is 2. The van der Waals surface area contributed by atoms with Gasteiger partial charge in [0.05, 0.1) is 16.4 Å². The maximum atomic E-state index is 12.1. The second kappa shape index (κ2) is 6.70. The molecule has 0 aliphatic heterocycles. The Labute approximate surface area is 135 Å². The molecule has 1 heterocycles. The van der Waals surface area contributed by atoms with Gasteiger partial charge in [-0.15, -0.1) is 5.10 Å². The molecule has 2 aromatic carbocycles. The van der Waals surface area contributed by atoms with Crippen molar-refractivity contribution in [2.75, 3.05) is 0 Å². The first-order valence-electron chi connectivity index (χ1n) is 6.80. The van der Waals surface area contributed by atoms with E-state index in [1.165, 1.54) is 12.1 Å². The highest BCUT2D eigenvalue weighted by Gasteiger charge is 2.03. The number of hydrogen-bond donors (Lipinski definition) is 0. The second-order valence-electron chi connectivity index (χ2n) is 4.70. The van der Waals surface area contributed by atoms with E-state index in [0.29, 0.717) is 0 Å². The van der Waals surface area contributed by atoms with E-state index in [1.54, 1.807) is 29.7 Å². The number of rotatable bonds is 4. The summed E-state index contributed by atoms with van der Waals surface area (Å²) in [6, 6.07) is 14.2. The zero-order valence-corrected chi connectivity index (χ0v) is 13.0. The number of aryl methyl sites for hydroxylation is 1. The molecule has 0 aliphatic rings. The predicted molar refractivity (Wildman–Crippen MR) is 87.0 cm³/mol. The third-order valence-electron chi connectivity index (χ3n) is 3.17. The van der Waals surface area contributed by atoms with Gasteiger partial charge in [-0.1, -0.05) is 23.5 Å². The summed E-state index contributed by atoms with van der Waals surface area (Å²) in [7, 11) is 1.93. The molecule has 0 unspecified atom stereocenters. The average molecular weight is 333 g/mol. The van der Waals surface area contributed by atoms with Crippen LogP contribution in [0.2, 0.25) is 0 Å². The van der Waals surface area contributed by atoms with Crippen molar-refractivity contribution in [3.05, 3.63) is 58.9 Å². The molecule has 23 heavy (non-hydrogen) atoms. The fraction of sp³-hybridized carbons (Fsp3) is 0.125. The number of hydrogen-bond acceptors (Lipinski definition) is 4. The first-order valence-corrected chi connectivity index (χ1v) is 7.61. The summed E-state index contributed by atoms with van der Waals surface area (Å²) in [4.78, 5) is 0.778. The van der Waals surface area contributed by atoms with Crippen molar-refractivity contribution in [2.24, 2.45) is 17.3 Å². The second-order valence-corrected chi connectivity index (χ2v) is 5.71. The molecule has 4 nitrogen and oxygen atoms in total. The van der Waals surface area contributed by atoms with Crippen LogP contribution in [0.4, 0.5) is 8.78 Å². The normalized spacial score (nSPS) is 12.6. The fourth-order valence-corrected chi connectivity index (χ4v) is 3.03. The quantitative estimate of drug-likeness (QED) is 0.529. The largest absolute Gasteiger partial charge is 0.435 e. The lowest BCUT2D eigenvalue weighted by atomic mass is 10.2. The zero-order chi connectivity index (χ0) is 16.2. The van der Waals surface area contributed by atoms with Crippen LogP contribution in [-0.2, 0) is 7.05 Å². The smallest absolute Gasteiger partial charge is 0.387 e. The molecular formula is C16H13F2N3OS. The SMILES string of the molecule is Cn1/c(=N\N=C/c2ccc(OC(F)F)cc2)sc2ccccc21. The summed E-state index contributed by atoms with van der Waals surface area (Å²) in [6.45, 7) is -2.82. The predicted octanol–water partition coefficient (Wildman–Crippen LogP) is 3.78. The van der Waals surface area contributed by atoms with Crippen LogP contribution in [0.1, 0.15) is 5.56 Å². The Bertz CT molecular complexity index is 898. The van der Waals surface area contributed by atoms with Crippen LogP contribution < -0.4 is 9.54 Å². The topological polar surface area (TPSA) is 38.9 Å². The fourth-order valence-electron chi connectivity index (χ4n) is 2.06. The maximum Gasteiger partial charge on any atom is 0.387 e. The Morgan fingerprint density at radius 3 is 2.57 bits per heavy atom. The Kier molecular flexibility index (Phi) is 4.47. The molecule has 0 atom stereocenters. The Morgan fingerprint density at radius 2 is 1.87 bits per heavy atom. The van der Waals surface area contributed by atoms with Gasteiger partial charge in [0, 0.05) is 7.05 Å². The van der Waals surface area contributed by atoms with Crippen LogP contribution >= 0.6 is 11.3 Å². The number of para-hydroxylation sites is 1. The van der Waals surface area contributed by atoms with Gasteiger partial charge in [0.2, 0.25) is 4.80 Å². The van der Waals surface area contributed by atoms with Crippen LogP contribution in [-0.4, -0.2) is 17.4 Å². The number of nitrogens with zero attached hydrogens (tertiary/aromatic N) is 3. The van der Waals surface area contributed by atoms with E-state index in [4.69, 9.17) is 0 Å². The van der Waals surface area contributed by atoms with Crippen molar-refractivity contribution in [1.29, 1.82) is 0 Å². The van der Waals surface area contributed by atoms with Gasteiger partial charge >= 0.3 is 6.61 Å². The number of aromatic nitrogens is 1.